The van der Waals surface area contributed by atoms with E-state index in [0.29, 0.717) is 31.6 Å². The maximum Gasteiger partial charge on any atom is 0.274 e. The molecule has 1 saturated heterocycles. The van der Waals surface area contributed by atoms with Gasteiger partial charge in [0.15, 0.2) is 0 Å². The van der Waals surface area contributed by atoms with Crippen LogP contribution in [0.5, 0.6) is 0 Å². The van der Waals surface area contributed by atoms with Gasteiger partial charge in [-0.1, -0.05) is 5.16 Å². The first kappa shape index (κ1) is 10.7. The first-order chi connectivity index (χ1) is 7.70. The van der Waals surface area contributed by atoms with Gasteiger partial charge in [0.25, 0.3) is 5.91 Å². The van der Waals surface area contributed by atoms with E-state index in [0.717, 1.165) is 5.71 Å². The van der Waals surface area contributed by atoms with Crippen LogP contribution >= 0.6 is 0 Å². The van der Waals surface area contributed by atoms with E-state index in [9.17, 15) is 4.79 Å². The topological polar surface area (TPSA) is 70.7 Å². The Kier molecular flexibility index (Phi) is 2.89. The molecular formula is C10H14N4O2. The fraction of sp³-hybridized carbons (Fsp3) is 0.500. The van der Waals surface area contributed by atoms with Crippen LogP contribution in [0.15, 0.2) is 17.7 Å². The summed E-state index contributed by atoms with van der Waals surface area (Å²) in [5.74, 6) is -0.0578. The minimum absolute atomic E-state index is 0.0578. The highest BCUT2D eigenvalue weighted by atomic mass is 16.4. The number of rotatable bonds is 1. The molecule has 6 heteroatoms. The van der Waals surface area contributed by atoms with Gasteiger partial charge in [0, 0.05) is 39.2 Å². The van der Waals surface area contributed by atoms with Crippen molar-refractivity contribution >= 4 is 11.6 Å². The van der Waals surface area contributed by atoms with Gasteiger partial charge in [-0.15, -0.1) is 0 Å². The number of hydrogen-bond donors (Lipinski definition) is 1. The van der Waals surface area contributed by atoms with Crippen LogP contribution in [0.1, 0.15) is 23.3 Å². The summed E-state index contributed by atoms with van der Waals surface area (Å²) < 4.78 is 1.75. The maximum atomic E-state index is 12.0. The van der Waals surface area contributed by atoms with Crippen LogP contribution in [-0.4, -0.2) is 44.4 Å². The Morgan fingerprint density at radius 1 is 1.50 bits per heavy atom. The zero-order valence-corrected chi connectivity index (χ0v) is 9.13. The van der Waals surface area contributed by atoms with Crippen LogP contribution in [-0.2, 0) is 7.05 Å². The summed E-state index contributed by atoms with van der Waals surface area (Å²) in [4.78, 5) is 17.7. The molecule has 2 rings (SSSR count). The molecule has 0 aromatic carbocycles. The molecule has 2 heterocycles. The van der Waals surface area contributed by atoms with Gasteiger partial charge >= 0.3 is 0 Å². The molecule has 0 bridgehead atoms. The molecule has 1 fully saturated rings. The van der Waals surface area contributed by atoms with Crippen LogP contribution in [0.2, 0.25) is 0 Å². The van der Waals surface area contributed by atoms with Crippen molar-refractivity contribution < 1.29 is 10.0 Å². The highest BCUT2D eigenvalue weighted by Crippen LogP contribution is 2.10. The van der Waals surface area contributed by atoms with E-state index in [1.165, 1.54) is 0 Å². The van der Waals surface area contributed by atoms with E-state index in [1.54, 1.807) is 22.0 Å². The standard InChI is InChI=1S/C10H14N4O2/c1-13-6-9(11-7-13)10(15)14-4-2-8(12-16)3-5-14/h6-7,16H,2-5H2,1H3. The number of aryl methyl sites for hydroxylation is 1. The third kappa shape index (κ3) is 2.05. The lowest BCUT2D eigenvalue weighted by molar-refractivity contribution is 0.0748. The fourth-order valence-electron chi connectivity index (χ4n) is 1.75. The second-order valence-corrected chi connectivity index (χ2v) is 3.88. The molecule has 86 valence electrons. The molecule has 0 radical (unpaired) electrons. The van der Waals surface area contributed by atoms with Crippen molar-refractivity contribution in [2.45, 2.75) is 12.8 Å². The molecule has 1 aromatic heterocycles. The number of hydrogen-bond acceptors (Lipinski definition) is 4. The SMILES string of the molecule is Cn1cnc(C(=O)N2CCC(=NO)CC2)c1. The molecule has 16 heavy (non-hydrogen) atoms. The molecular weight excluding hydrogens is 208 g/mol. The summed E-state index contributed by atoms with van der Waals surface area (Å²) in [5.41, 5.74) is 1.22. The van der Waals surface area contributed by atoms with Crippen molar-refractivity contribution in [3.05, 3.63) is 18.2 Å². The first-order valence-electron chi connectivity index (χ1n) is 5.17. The highest BCUT2D eigenvalue weighted by Gasteiger charge is 2.22. The molecule has 1 aliphatic rings. The number of piperidine rings is 1. The second-order valence-electron chi connectivity index (χ2n) is 3.88. The van der Waals surface area contributed by atoms with Crippen LogP contribution in [0.3, 0.4) is 0 Å². The van der Waals surface area contributed by atoms with Gasteiger partial charge in [-0.05, 0) is 0 Å². The van der Waals surface area contributed by atoms with Gasteiger partial charge in [0.1, 0.15) is 5.69 Å². The Morgan fingerprint density at radius 2 is 2.19 bits per heavy atom. The van der Waals surface area contributed by atoms with Crippen molar-refractivity contribution in [2.75, 3.05) is 13.1 Å². The minimum Gasteiger partial charge on any atom is -0.411 e. The van der Waals surface area contributed by atoms with Crippen LogP contribution in [0, 0.1) is 0 Å². The predicted octanol–water partition coefficient (Wildman–Crippen LogP) is 0.486. The Morgan fingerprint density at radius 3 is 2.69 bits per heavy atom. The smallest absolute Gasteiger partial charge is 0.274 e. The van der Waals surface area contributed by atoms with Crippen LogP contribution in [0.25, 0.3) is 0 Å². The lowest BCUT2D eigenvalue weighted by Crippen LogP contribution is -2.38. The third-order valence-electron chi connectivity index (χ3n) is 2.69. The fourth-order valence-corrected chi connectivity index (χ4v) is 1.75. The number of imidazole rings is 1. The summed E-state index contributed by atoms with van der Waals surface area (Å²) in [6, 6.07) is 0. The number of likely N-dealkylation sites (tertiary alicyclic amines) is 1. The molecule has 6 nitrogen and oxygen atoms in total. The van der Waals surface area contributed by atoms with Crippen molar-refractivity contribution in [1.29, 1.82) is 0 Å². The van der Waals surface area contributed by atoms with E-state index in [1.807, 2.05) is 7.05 Å². The van der Waals surface area contributed by atoms with E-state index in [2.05, 4.69) is 10.1 Å². The summed E-state index contributed by atoms with van der Waals surface area (Å²) in [7, 11) is 1.83. The van der Waals surface area contributed by atoms with Crippen molar-refractivity contribution in [3.8, 4) is 0 Å². The quantitative estimate of drug-likeness (QED) is 0.555. The van der Waals surface area contributed by atoms with E-state index in [4.69, 9.17) is 5.21 Å². The maximum absolute atomic E-state index is 12.0. The molecule has 0 aliphatic carbocycles. The number of aromatic nitrogens is 2. The summed E-state index contributed by atoms with van der Waals surface area (Å²) >= 11 is 0. The van der Waals surface area contributed by atoms with Gasteiger partial charge < -0.3 is 14.7 Å². The molecule has 1 aliphatic heterocycles. The first-order valence-corrected chi connectivity index (χ1v) is 5.17. The zero-order chi connectivity index (χ0) is 11.5. The van der Waals surface area contributed by atoms with Crippen LogP contribution < -0.4 is 0 Å². The summed E-state index contributed by atoms with van der Waals surface area (Å²) in [5, 5.41) is 11.8. The predicted molar refractivity (Wildman–Crippen MR) is 57.6 cm³/mol. The number of nitrogens with zero attached hydrogens (tertiary/aromatic N) is 4. The highest BCUT2D eigenvalue weighted by molar-refractivity contribution is 5.94. The molecule has 1 aromatic rings. The largest absolute Gasteiger partial charge is 0.411 e. The van der Waals surface area contributed by atoms with Crippen molar-refractivity contribution in [3.63, 3.8) is 0 Å². The van der Waals surface area contributed by atoms with Crippen LogP contribution in [0.4, 0.5) is 0 Å². The number of carbonyl (C=O) groups excluding carboxylic acids is 1. The normalized spacial score (nSPS) is 16.3. The Labute approximate surface area is 93.2 Å². The molecule has 0 unspecified atom stereocenters. The average molecular weight is 222 g/mol. The molecule has 1 N–H and O–H groups in total. The van der Waals surface area contributed by atoms with Gasteiger partial charge in [0.05, 0.1) is 12.0 Å². The monoisotopic (exact) mass is 222 g/mol. The van der Waals surface area contributed by atoms with Gasteiger partial charge in [-0.25, -0.2) is 4.98 Å². The minimum atomic E-state index is -0.0578. The number of oxime groups is 1. The van der Waals surface area contributed by atoms with Gasteiger partial charge in [-0.2, -0.15) is 0 Å². The molecule has 0 atom stereocenters. The van der Waals surface area contributed by atoms with Crippen molar-refractivity contribution in [2.24, 2.45) is 12.2 Å². The van der Waals surface area contributed by atoms with Crippen molar-refractivity contribution in [1.82, 2.24) is 14.5 Å². The molecule has 0 spiro atoms. The number of amides is 1. The van der Waals surface area contributed by atoms with E-state index in [-0.39, 0.29) is 5.91 Å². The van der Waals surface area contributed by atoms with E-state index >= 15 is 0 Å². The lowest BCUT2D eigenvalue weighted by Gasteiger charge is -2.26. The Hall–Kier alpha value is -1.85. The third-order valence-corrected chi connectivity index (χ3v) is 2.69. The van der Waals surface area contributed by atoms with Gasteiger partial charge in [-0.3, -0.25) is 4.79 Å². The molecule has 1 amide bonds. The summed E-state index contributed by atoms with van der Waals surface area (Å²) in [6.07, 6.45) is 4.58. The second kappa shape index (κ2) is 4.34. The van der Waals surface area contributed by atoms with Gasteiger partial charge in [0.2, 0.25) is 0 Å². The zero-order valence-electron chi connectivity index (χ0n) is 9.13. The Balaban J connectivity index is 2.02. The number of carbonyl (C=O) groups is 1. The lowest BCUT2D eigenvalue weighted by atomic mass is 10.1. The summed E-state index contributed by atoms with van der Waals surface area (Å²) in [6.45, 7) is 1.18. The Bertz CT molecular complexity index is 414. The average Bonchev–Trinajstić information content (AvgIpc) is 2.75. The van der Waals surface area contributed by atoms with E-state index < -0.39 is 0 Å². The molecule has 0 saturated carbocycles.